The van der Waals surface area contributed by atoms with Crippen LogP contribution < -0.4 is 0 Å². The van der Waals surface area contributed by atoms with Crippen molar-refractivity contribution in [2.75, 3.05) is 0 Å². The normalized spacial score (nSPS) is 14.7. The van der Waals surface area contributed by atoms with Crippen molar-refractivity contribution in [3.8, 4) is 17.1 Å². The van der Waals surface area contributed by atoms with Crippen molar-refractivity contribution >= 4 is 0 Å². The van der Waals surface area contributed by atoms with Gasteiger partial charge in [0, 0.05) is 29.6 Å². The van der Waals surface area contributed by atoms with E-state index in [0.29, 0.717) is 11.7 Å². The largest absolute Gasteiger partial charge is 0.339 e. The minimum atomic E-state index is 0.484. The Hall–Kier alpha value is -2.43. The summed E-state index contributed by atoms with van der Waals surface area (Å²) in [5.41, 5.74) is 2.00. The third-order valence-corrected chi connectivity index (χ3v) is 3.28. The van der Waals surface area contributed by atoms with E-state index in [4.69, 9.17) is 4.52 Å². The van der Waals surface area contributed by atoms with Crippen LogP contribution in [-0.2, 0) is 0 Å². The summed E-state index contributed by atoms with van der Waals surface area (Å²) in [5.74, 6) is 1.91. The Morgan fingerprint density at radius 3 is 3.00 bits per heavy atom. The summed E-state index contributed by atoms with van der Waals surface area (Å²) < 4.78 is 7.24. The van der Waals surface area contributed by atoms with Gasteiger partial charge in [0.15, 0.2) is 0 Å². The lowest BCUT2D eigenvalue weighted by Gasteiger charge is -2.02. The van der Waals surface area contributed by atoms with E-state index >= 15 is 0 Å². The summed E-state index contributed by atoms with van der Waals surface area (Å²) >= 11 is 0. The van der Waals surface area contributed by atoms with Crippen molar-refractivity contribution in [3.63, 3.8) is 0 Å². The second-order valence-electron chi connectivity index (χ2n) is 4.75. The molecule has 0 amide bonds. The van der Waals surface area contributed by atoms with Gasteiger partial charge in [0.05, 0.1) is 6.33 Å². The van der Waals surface area contributed by atoms with Crippen LogP contribution in [0.1, 0.15) is 24.7 Å². The second-order valence-corrected chi connectivity index (χ2v) is 4.75. The number of nitrogens with zero attached hydrogens (tertiary/aromatic N) is 4. The highest BCUT2D eigenvalue weighted by Crippen LogP contribution is 2.39. The Kier molecular flexibility index (Phi) is 2.24. The summed E-state index contributed by atoms with van der Waals surface area (Å²) in [4.78, 5) is 8.51. The van der Waals surface area contributed by atoms with Crippen molar-refractivity contribution in [2.24, 2.45) is 0 Å². The predicted molar refractivity (Wildman–Crippen MR) is 68.8 cm³/mol. The van der Waals surface area contributed by atoms with Gasteiger partial charge in [-0.2, -0.15) is 4.98 Å². The molecule has 0 N–H and O–H groups in total. The SMILES string of the molecule is c1cc(-c2noc(C3CC3)n2)cc(-n2ccnc2)c1. The van der Waals surface area contributed by atoms with Gasteiger partial charge in [0.25, 0.3) is 0 Å². The van der Waals surface area contributed by atoms with E-state index in [0.717, 1.165) is 30.0 Å². The Labute approximate surface area is 109 Å². The predicted octanol–water partition coefficient (Wildman–Crippen LogP) is 2.80. The maximum Gasteiger partial charge on any atom is 0.230 e. The Balaban J connectivity index is 1.72. The molecule has 3 aromatic rings. The molecule has 0 radical (unpaired) electrons. The fourth-order valence-electron chi connectivity index (χ4n) is 2.07. The molecule has 0 aliphatic heterocycles. The maximum absolute atomic E-state index is 5.29. The van der Waals surface area contributed by atoms with Gasteiger partial charge < -0.3 is 9.09 Å². The fourth-order valence-corrected chi connectivity index (χ4v) is 2.07. The van der Waals surface area contributed by atoms with Gasteiger partial charge >= 0.3 is 0 Å². The van der Waals surface area contributed by atoms with Crippen LogP contribution in [0, 0.1) is 0 Å². The number of benzene rings is 1. The molecular weight excluding hydrogens is 240 g/mol. The Bertz CT molecular complexity index is 698. The molecule has 5 heteroatoms. The van der Waals surface area contributed by atoms with Crippen LogP contribution in [0.3, 0.4) is 0 Å². The lowest BCUT2D eigenvalue weighted by atomic mass is 10.2. The molecule has 1 fully saturated rings. The minimum absolute atomic E-state index is 0.484. The third-order valence-electron chi connectivity index (χ3n) is 3.28. The van der Waals surface area contributed by atoms with Crippen LogP contribution in [-0.4, -0.2) is 19.7 Å². The Morgan fingerprint density at radius 2 is 2.21 bits per heavy atom. The number of hydrogen-bond donors (Lipinski definition) is 0. The zero-order chi connectivity index (χ0) is 12.7. The molecule has 0 atom stereocenters. The van der Waals surface area contributed by atoms with Crippen LogP contribution in [0.4, 0.5) is 0 Å². The lowest BCUT2D eigenvalue weighted by Crippen LogP contribution is -1.91. The maximum atomic E-state index is 5.29. The Morgan fingerprint density at radius 1 is 1.26 bits per heavy atom. The minimum Gasteiger partial charge on any atom is -0.339 e. The lowest BCUT2D eigenvalue weighted by molar-refractivity contribution is 0.380. The average molecular weight is 252 g/mol. The fraction of sp³-hybridized carbons (Fsp3) is 0.214. The molecule has 1 saturated carbocycles. The van der Waals surface area contributed by atoms with Gasteiger partial charge in [-0.1, -0.05) is 17.3 Å². The molecular formula is C14H12N4O. The van der Waals surface area contributed by atoms with Gasteiger partial charge in [-0.05, 0) is 25.0 Å². The van der Waals surface area contributed by atoms with Crippen LogP contribution in [0.25, 0.3) is 17.1 Å². The van der Waals surface area contributed by atoms with Gasteiger partial charge in [0.2, 0.25) is 11.7 Å². The molecule has 0 unspecified atom stereocenters. The number of rotatable bonds is 3. The molecule has 2 aromatic heterocycles. The van der Waals surface area contributed by atoms with Crippen molar-refractivity contribution in [2.45, 2.75) is 18.8 Å². The van der Waals surface area contributed by atoms with Crippen LogP contribution in [0.2, 0.25) is 0 Å². The molecule has 94 valence electrons. The van der Waals surface area contributed by atoms with E-state index in [-0.39, 0.29) is 0 Å². The van der Waals surface area contributed by atoms with Gasteiger partial charge in [-0.15, -0.1) is 0 Å². The zero-order valence-electron chi connectivity index (χ0n) is 10.2. The summed E-state index contributed by atoms with van der Waals surface area (Å²) in [6.07, 6.45) is 7.76. The molecule has 0 saturated heterocycles. The first-order valence-electron chi connectivity index (χ1n) is 6.32. The third kappa shape index (κ3) is 1.93. The van der Waals surface area contributed by atoms with E-state index in [1.54, 1.807) is 12.5 Å². The van der Waals surface area contributed by atoms with E-state index in [2.05, 4.69) is 15.1 Å². The summed E-state index contributed by atoms with van der Waals surface area (Å²) in [6, 6.07) is 8.02. The first kappa shape index (κ1) is 10.5. The van der Waals surface area contributed by atoms with Gasteiger partial charge in [-0.3, -0.25) is 0 Å². The summed E-state index contributed by atoms with van der Waals surface area (Å²) in [5, 5.41) is 4.06. The monoisotopic (exact) mass is 252 g/mol. The molecule has 1 aliphatic carbocycles. The summed E-state index contributed by atoms with van der Waals surface area (Å²) in [7, 11) is 0. The first-order chi connectivity index (χ1) is 9.40. The van der Waals surface area contributed by atoms with Gasteiger partial charge in [-0.25, -0.2) is 4.98 Å². The topological polar surface area (TPSA) is 56.7 Å². The molecule has 1 aromatic carbocycles. The van der Waals surface area contributed by atoms with Crippen molar-refractivity contribution in [1.29, 1.82) is 0 Å². The quantitative estimate of drug-likeness (QED) is 0.719. The van der Waals surface area contributed by atoms with Crippen LogP contribution in [0.5, 0.6) is 0 Å². The molecule has 0 spiro atoms. The highest BCUT2D eigenvalue weighted by atomic mass is 16.5. The number of hydrogen-bond acceptors (Lipinski definition) is 4. The molecule has 1 aliphatic rings. The van der Waals surface area contributed by atoms with Crippen LogP contribution >= 0.6 is 0 Å². The summed E-state index contributed by atoms with van der Waals surface area (Å²) in [6.45, 7) is 0. The molecule has 5 nitrogen and oxygen atoms in total. The van der Waals surface area contributed by atoms with E-state index in [9.17, 15) is 0 Å². The average Bonchev–Trinajstić information content (AvgIpc) is 2.97. The molecule has 0 bridgehead atoms. The molecule has 19 heavy (non-hydrogen) atoms. The van der Waals surface area contributed by atoms with E-state index < -0.39 is 0 Å². The zero-order valence-corrected chi connectivity index (χ0v) is 10.2. The highest BCUT2D eigenvalue weighted by Gasteiger charge is 2.29. The van der Waals surface area contributed by atoms with Crippen molar-refractivity contribution < 1.29 is 4.52 Å². The van der Waals surface area contributed by atoms with E-state index in [1.165, 1.54) is 0 Å². The standard InChI is InChI=1S/C14H12N4O/c1-2-11(8-12(3-1)18-7-6-15-9-18)13-16-14(19-17-13)10-4-5-10/h1-3,6-10H,4-5H2. The van der Waals surface area contributed by atoms with E-state index in [1.807, 2.05) is 35.0 Å². The smallest absolute Gasteiger partial charge is 0.230 e. The number of aromatic nitrogens is 4. The van der Waals surface area contributed by atoms with Crippen molar-refractivity contribution in [1.82, 2.24) is 19.7 Å². The highest BCUT2D eigenvalue weighted by molar-refractivity contribution is 5.58. The first-order valence-corrected chi connectivity index (χ1v) is 6.32. The number of imidazole rings is 1. The molecule has 4 rings (SSSR count). The molecule has 2 heterocycles. The van der Waals surface area contributed by atoms with Crippen LogP contribution in [0.15, 0.2) is 47.5 Å². The van der Waals surface area contributed by atoms with Crippen molar-refractivity contribution in [3.05, 3.63) is 48.9 Å². The van der Waals surface area contributed by atoms with Gasteiger partial charge in [0.1, 0.15) is 0 Å². The second kappa shape index (κ2) is 4.05.